The molecule has 0 aliphatic carbocycles. The highest BCUT2D eigenvalue weighted by Gasteiger charge is 2.37. The SMILES string of the molecule is CC(C)CCCCCCC(CCCC(=O)O)(Cc1ccccc1)C(=O)O. The average molecular weight is 363 g/mol. The minimum atomic E-state index is -0.866. The maximum absolute atomic E-state index is 12.2. The minimum absolute atomic E-state index is 0.0260. The van der Waals surface area contributed by atoms with E-state index in [2.05, 4.69) is 13.8 Å². The molecule has 0 aromatic heterocycles. The lowest BCUT2D eigenvalue weighted by Crippen LogP contribution is -2.34. The molecular weight excluding hydrogens is 328 g/mol. The Morgan fingerprint density at radius 1 is 0.923 bits per heavy atom. The molecule has 0 spiro atoms. The number of rotatable bonds is 14. The molecule has 2 N–H and O–H groups in total. The number of carboxylic acid groups (broad SMARTS) is 2. The molecule has 4 heteroatoms. The Morgan fingerprint density at radius 2 is 1.54 bits per heavy atom. The third kappa shape index (κ3) is 8.50. The second kappa shape index (κ2) is 11.7. The van der Waals surface area contributed by atoms with E-state index in [1.807, 2.05) is 30.3 Å². The molecule has 0 amide bonds. The van der Waals surface area contributed by atoms with E-state index in [1.165, 1.54) is 12.8 Å². The van der Waals surface area contributed by atoms with E-state index in [1.54, 1.807) is 0 Å². The van der Waals surface area contributed by atoms with Crippen molar-refractivity contribution in [3.05, 3.63) is 35.9 Å². The lowest BCUT2D eigenvalue weighted by molar-refractivity contribution is -0.150. The molecule has 0 aliphatic heterocycles. The third-order valence-corrected chi connectivity index (χ3v) is 5.07. The van der Waals surface area contributed by atoms with Gasteiger partial charge in [-0.1, -0.05) is 76.3 Å². The number of hydrogen-bond donors (Lipinski definition) is 2. The summed E-state index contributed by atoms with van der Waals surface area (Å²) in [6, 6.07) is 9.68. The molecule has 0 heterocycles. The Kier molecular flexibility index (Phi) is 10.0. The van der Waals surface area contributed by atoms with Gasteiger partial charge in [0.05, 0.1) is 5.41 Å². The normalized spacial score (nSPS) is 13.5. The molecule has 1 aromatic carbocycles. The van der Waals surface area contributed by atoms with Crippen LogP contribution in [0.2, 0.25) is 0 Å². The van der Waals surface area contributed by atoms with Crippen molar-refractivity contribution in [2.75, 3.05) is 0 Å². The second-order valence-corrected chi connectivity index (χ2v) is 7.84. The zero-order valence-corrected chi connectivity index (χ0v) is 16.2. The number of benzene rings is 1. The summed E-state index contributed by atoms with van der Waals surface area (Å²) in [6.45, 7) is 4.44. The van der Waals surface area contributed by atoms with Crippen LogP contribution in [0.3, 0.4) is 0 Å². The Morgan fingerprint density at radius 3 is 2.12 bits per heavy atom. The van der Waals surface area contributed by atoms with Crippen molar-refractivity contribution in [1.82, 2.24) is 0 Å². The maximum Gasteiger partial charge on any atom is 0.309 e. The largest absolute Gasteiger partial charge is 0.481 e. The van der Waals surface area contributed by atoms with Crippen molar-refractivity contribution < 1.29 is 19.8 Å². The molecule has 0 aliphatic rings. The van der Waals surface area contributed by atoms with Crippen LogP contribution in [-0.2, 0) is 16.0 Å². The monoisotopic (exact) mass is 362 g/mol. The number of unbranched alkanes of at least 4 members (excludes halogenated alkanes) is 3. The van der Waals surface area contributed by atoms with Gasteiger partial charge in [-0.15, -0.1) is 0 Å². The highest BCUT2D eigenvalue weighted by molar-refractivity contribution is 5.75. The van der Waals surface area contributed by atoms with Crippen LogP contribution in [0.25, 0.3) is 0 Å². The van der Waals surface area contributed by atoms with Crippen LogP contribution in [0, 0.1) is 11.3 Å². The Labute approximate surface area is 157 Å². The molecule has 146 valence electrons. The predicted molar refractivity (Wildman–Crippen MR) is 104 cm³/mol. The van der Waals surface area contributed by atoms with Gasteiger partial charge in [0.25, 0.3) is 0 Å². The summed E-state index contributed by atoms with van der Waals surface area (Å²) < 4.78 is 0. The molecule has 0 saturated heterocycles. The van der Waals surface area contributed by atoms with Crippen LogP contribution in [0.4, 0.5) is 0 Å². The summed E-state index contributed by atoms with van der Waals surface area (Å²) in [5.74, 6) is -0.950. The van der Waals surface area contributed by atoms with Crippen LogP contribution >= 0.6 is 0 Å². The number of hydrogen-bond acceptors (Lipinski definition) is 2. The third-order valence-electron chi connectivity index (χ3n) is 5.07. The standard InChI is InChI=1S/C22H34O4/c1-18(2)11-6-3-4-9-15-22(21(25)26,16-10-14-20(23)24)17-19-12-7-5-8-13-19/h5,7-8,12-13,18H,3-4,6,9-11,14-17H2,1-2H3,(H,23,24)(H,25,26). The van der Waals surface area contributed by atoms with E-state index in [0.29, 0.717) is 31.6 Å². The van der Waals surface area contributed by atoms with Crippen molar-refractivity contribution in [2.45, 2.75) is 78.1 Å². The molecule has 0 fully saturated rings. The number of aliphatic carboxylic acids is 2. The smallest absolute Gasteiger partial charge is 0.309 e. The number of carbonyl (C=O) groups is 2. The van der Waals surface area contributed by atoms with Gasteiger partial charge in [0.15, 0.2) is 0 Å². The van der Waals surface area contributed by atoms with Crippen LogP contribution in [0.1, 0.15) is 77.2 Å². The fourth-order valence-electron chi connectivity index (χ4n) is 3.53. The molecule has 4 nitrogen and oxygen atoms in total. The summed E-state index contributed by atoms with van der Waals surface area (Å²) in [4.78, 5) is 23.0. The summed E-state index contributed by atoms with van der Waals surface area (Å²) >= 11 is 0. The molecular formula is C22H34O4. The van der Waals surface area contributed by atoms with Gasteiger partial charge in [0, 0.05) is 6.42 Å². The van der Waals surface area contributed by atoms with Gasteiger partial charge in [-0.3, -0.25) is 9.59 Å². The van der Waals surface area contributed by atoms with Crippen molar-refractivity contribution in [3.8, 4) is 0 Å². The molecule has 1 rings (SSSR count). The first-order valence-corrected chi connectivity index (χ1v) is 9.85. The zero-order valence-electron chi connectivity index (χ0n) is 16.2. The lowest BCUT2D eigenvalue weighted by Gasteiger charge is -2.30. The molecule has 1 atom stereocenters. The number of carboxylic acids is 2. The maximum atomic E-state index is 12.2. The van der Waals surface area contributed by atoms with Crippen LogP contribution in [0.5, 0.6) is 0 Å². The van der Waals surface area contributed by atoms with Crippen LogP contribution in [0.15, 0.2) is 30.3 Å². The van der Waals surface area contributed by atoms with E-state index in [0.717, 1.165) is 24.8 Å². The van der Waals surface area contributed by atoms with E-state index >= 15 is 0 Å². The fraction of sp³-hybridized carbons (Fsp3) is 0.636. The molecule has 0 bridgehead atoms. The van der Waals surface area contributed by atoms with E-state index in [-0.39, 0.29) is 6.42 Å². The first kappa shape index (κ1) is 22.2. The first-order valence-electron chi connectivity index (χ1n) is 9.85. The molecule has 26 heavy (non-hydrogen) atoms. The highest BCUT2D eigenvalue weighted by Crippen LogP contribution is 2.36. The van der Waals surface area contributed by atoms with Gasteiger partial charge in [-0.2, -0.15) is 0 Å². The van der Waals surface area contributed by atoms with Gasteiger partial charge in [-0.25, -0.2) is 0 Å². The fourth-order valence-corrected chi connectivity index (χ4v) is 3.53. The van der Waals surface area contributed by atoms with E-state index in [4.69, 9.17) is 5.11 Å². The average Bonchev–Trinajstić information content (AvgIpc) is 2.57. The summed E-state index contributed by atoms with van der Waals surface area (Å²) in [5.41, 5.74) is 0.138. The summed E-state index contributed by atoms with van der Waals surface area (Å²) in [5, 5.41) is 18.9. The van der Waals surface area contributed by atoms with Gasteiger partial charge in [0.1, 0.15) is 0 Å². The second-order valence-electron chi connectivity index (χ2n) is 7.84. The van der Waals surface area contributed by atoms with Crippen LogP contribution < -0.4 is 0 Å². The Balaban J connectivity index is 2.70. The Bertz CT molecular complexity index is 538. The van der Waals surface area contributed by atoms with Gasteiger partial charge in [0.2, 0.25) is 0 Å². The van der Waals surface area contributed by atoms with Crippen molar-refractivity contribution in [1.29, 1.82) is 0 Å². The highest BCUT2D eigenvalue weighted by atomic mass is 16.4. The van der Waals surface area contributed by atoms with Crippen LogP contribution in [-0.4, -0.2) is 22.2 Å². The van der Waals surface area contributed by atoms with Crippen molar-refractivity contribution in [2.24, 2.45) is 11.3 Å². The van der Waals surface area contributed by atoms with Crippen molar-refractivity contribution >= 4 is 11.9 Å². The van der Waals surface area contributed by atoms with Crippen molar-refractivity contribution in [3.63, 3.8) is 0 Å². The van der Waals surface area contributed by atoms with E-state index < -0.39 is 17.4 Å². The molecule has 1 unspecified atom stereocenters. The Hall–Kier alpha value is -1.84. The molecule has 0 radical (unpaired) electrons. The van der Waals surface area contributed by atoms with E-state index in [9.17, 15) is 14.7 Å². The van der Waals surface area contributed by atoms with Gasteiger partial charge in [-0.05, 0) is 37.2 Å². The quantitative estimate of drug-likeness (QED) is 0.425. The van der Waals surface area contributed by atoms with Gasteiger partial charge >= 0.3 is 11.9 Å². The molecule has 1 aromatic rings. The minimum Gasteiger partial charge on any atom is -0.481 e. The zero-order chi connectivity index (χ0) is 19.4. The van der Waals surface area contributed by atoms with Gasteiger partial charge < -0.3 is 10.2 Å². The topological polar surface area (TPSA) is 74.6 Å². The first-order chi connectivity index (χ1) is 12.4. The summed E-state index contributed by atoms with van der Waals surface area (Å²) in [6.07, 6.45) is 7.37. The molecule has 0 saturated carbocycles. The summed E-state index contributed by atoms with van der Waals surface area (Å²) in [7, 11) is 0. The predicted octanol–water partition coefficient (Wildman–Crippen LogP) is 5.55. The lowest BCUT2D eigenvalue weighted by atomic mass is 9.73.